The molecule has 4 aromatic carbocycles. The molecule has 0 saturated heterocycles. The van der Waals surface area contributed by atoms with Gasteiger partial charge < -0.3 is 4.57 Å². The third kappa shape index (κ3) is 2.42. The summed E-state index contributed by atoms with van der Waals surface area (Å²) in [5.41, 5.74) is 12.2. The summed E-state index contributed by atoms with van der Waals surface area (Å²) in [5, 5.41) is 2.66. The molecule has 0 radical (unpaired) electrons. The van der Waals surface area contributed by atoms with E-state index in [9.17, 15) is 0 Å². The first-order valence-electron chi connectivity index (χ1n) is 10.8. The third-order valence-corrected chi connectivity index (χ3v) is 6.75. The molecule has 0 amide bonds. The Morgan fingerprint density at radius 3 is 2.37 bits per heavy atom. The summed E-state index contributed by atoms with van der Waals surface area (Å²) in [6.07, 6.45) is 1.09. The van der Waals surface area contributed by atoms with E-state index in [1.165, 1.54) is 60.9 Å². The van der Waals surface area contributed by atoms with E-state index in [1.54, 1.807) is 0 Å². The van der Waals surface area contributed by atoms with E-state index < -0.39 is 0 Å². The van der Waals surface area contributed by atoms with Crippen LogP contribution in [-0.4, -0.2) is 4.57 Å². The van der Waals surface area contributed by atoms with Crippen molar-refractivity contribution in [2.75, 3.05) is 0 Å². The van der Waals surface area contributed by atoms with Crippen molar-refractivity contribution < 1.29 is 0 Å². The first-order chi connectivity index (χ1) is 14.6. The predicted molar refractivity (Wildman–Crippen MR) is 128 cm³/mol. The number of rotatable bonds is 1. The fourth-order valence-corrected chi connectivity index (χ4v) is 5.29. The van der Waals surface area contributed by atoms with Crippen molar-refractivity contribution in [3.8, 4) is 16.8 Å². The maximum Gasteiger partial charge on any atom is 0.0622 e. The second kappa shape index (κ2) is 6.34. The first kappa shape index (κ1) is 17.5. The van der Waals surface area contributed by atoms with Crippen LogP contribution in [0.15, 0.2) is 78.9 Å². The maximum absolute atomic E-state index is 2.47. The van der Waals surface area contributed by atoms with Gasteiger partial charge in [0.2, 0.25) is 0 Å². The lowest BCUT2D eigenvalue weighted by Crippen LogP contribution is -2.10. The van der Waals surface area contributed by atoms with Crippen LogP contribution >= 0.6 is 0 Å². The minimum absolute atomic E-state index is 0.544. The molecule has 146 valence electrons. The minimum atomic E-state index is 0.544. The highest BCUT2D eigenvalue weighted by atomic mass is 15.0. The van der Waals surface area contributed by atoms with Crippen LogP contribution in [0.4, 0.5) is 0 Å². The number of benzene rings is 4. The van der Waals surface area contributed by atoms with Crippen molar-refractivity contribution in [1.82, 2.24) is 4.57 Å². The van der Waals surface area contributed by atoms with Gasteiger partial charge in [0.25, 0.3) is 0 Å². The van der Waals surface area contributed by atoms with Gasteiger partial charge in [0.1, 0.15) is 0 Å². The summed E-state index contributed by atoms with van der Waals surface area (Å²) in [5.74, 6) is 0.544. The lowest BCUT2D eigenvalue weighted by Gasteiger charge is -2.27. The molecule has 0 aliphatic heterocycles. The van der Waals surface area contributed by atoms with Crippen LogP contribution in [0, 0.1) is 13.8 Å². The molecule has 30 heavy (non-hydrogen) atoms. The van der Waals surface area contributed by atoms with E-state index in [0.29, 0.717) is 5.92 Å². The van der Waals surface area contributed by atoms with Crippen LogP contribution in [0.2, 0.25) is 0 Å². The Balaban J connectivity index is 1.81. The minimum Gasteiger partial charge on any atom is -0.309 e. The molecule has 1 atom stereocenters. The average molecular weight is 388 g/mol. The third-order valence-electron chi connectivity index (χ3n) is 6.75. The topological polar surface area (TPSA) is 4.93 Å². The zero-order valence-corrected chi connectivity index (χ0v) is 17.7. The van der Waals surface area contributed by atoms with Gasteiger partial charge in [-0.25, -0.2) is 0 Å². The molecule has 1 nitrogen and oxygen atoms in total. The molecular formula is C29H25N. The molecule has 0 spiro atoms. The normalized spacial score (nSPS) is 15.4. The number of aryl methyl sites for hydroxylation is 2. The highest BCUT2D eigenvalue weighted by Gasteiger charge is 2.26. The highest BCUT2D eigenvalue weighted by molar-refractivity contribution is 6.14. The number of para-hydroxylation sites is 1. The Kier molecular flexibility index (Phi) is 3.70. The molecular weight excluding hydrogens is 362 g/mol. The van der Waals surface area contributed by atoms with Gasteiger partial charge in [-0.2, -0.15) is 0 Å². The van der Waals surface area contributed by atoms with Crippen LogP contribution in [0.3, 0.4) is 0 Å². The fraction of sp³-hybridized carbons (Fsp3) is 0.172. The number of nitrogens with zero attached hydrogens (tertiary/aromatic N) is 1. The lowest BCUT2D eigenvalue weighted by atomic mass is 9.78. The zero-order chi connectivity index (χ0) is 20.4. The van der Waals surface area contributed by atoms with Crippen molar-refractivity contribution >= 4 is 21.8 Å². The smallest absolute Gasteiger partial charge is 0.0622 e. The number of hydrogen-bond acceptors (Lipinski definition) is 0. The number of fused-ring (bicyclic) bond motifs is 7. The van der Waals surface area contributed by atoms with Gasteiger partial charge in [-0.3, -0.25) is 0 Å². The Morgan fingerprint density at radius 2 is 1.53 bits per heavy atom. The monoisotopic (exact) mass is 387 g/mol. The number of hydrogen-bond donors (Lipinski definition) is 0. The molecule has 1 unspecified atom stereocenters. The second-order valence-corrected chi connectivity index (χ2v) is 8.88. The van der Waals surface area contributed by atoms with Crippen LogP contribution < -0.4 is 0 Å². The van der Waals surface area contributed by atoms with Crippen molar-refractivity contribution in [3.63, 3.8) is 0 Å². The summed E-state index contributed by atoms with van der Waals surface area (Å²) >= 11 is 0. The molecule has 1 heteroatoms. The van der Waals surface area contributed by atoms with E-state index in [1.807, 2.05) is 0 Å². The molecule has 0 bridgehead atoms. The summed E-state index contributed by atoms with van der Waals surface area (Å²) in [7, 11) is 0. The van der Waals surface area contributed by atoms with Gasteiger partial charge in [-0.15, -0.1) is 0 Å². The van der Waals surface area contributed by atoms with E-state index in [4.69, 9.17) is 0 Å². The second-order valence-electron chi connectivity index (χ2n) is 8.88. The van der Waals surface area contributed by atoms with Gasteiger partial charge in [0.15, 0.2) is 0 Å². The summed E-state index contributed by atoms with van der Waals surface area (Å²) in [6, 6.07) is 29.4. The predicted octanol–water partition coefficient (Wildman–Crippen LogP) is 7.73. The standard InChI is InChI=1S/C29H25N/c1-18-8-12-22(13-9-18)30-27-7-5-4-6-23(27)25-15-11-21-17-20(3)26-16-19(2)10-14-24(26)28(21)29(25)30/h4-16,20H,17H2,1-3H3. The fourth-order valence-electron chi connectivity index (χ4n) is 5.29. The Morgan fingerprint density at radius 1 is 0.767 bits per heavy atom. The summed E-state index contributed by atoms with van der Waals surface area (Å²) in [6.45, 7) is 6.71. The van der Waals surface area contributed by atoms with Crippen molar-refractivity contribution in [2.45, 2.75) is 33.1 Å². The van der Waals surface area contributed by atoms with Gasteiger partial charge in [-0.05, 0) is 61.1 Å². The van der Waals surface area contributed by atoms with Crippen LogP contribution in [0.1, 0.15) is 35.1 Å². The number of aromatic nitrogens is 1. The van der Waals surface area contributed by atoms with Crippen molar-refractivity contribution in [1.29, 1.82) is 0 Å². The summed E-state index contributed by atoms with van der Waals surface area (Å²) in [4.78, 5) is 0. The molecule has 0 N–H and O–H groups in total. The van der Waals surface area contributed by atoms with Gasteiger partial charge in [-0.1, -0.05) is 78.7 Å². The van der Waals surface area contributed by atoms with Crippen molar-refractivity contribution in [3.05, 3.63) is 101 Å². The Hall–Kier alpha value is -3.32. The lowest BCUT2D eigenvalue weighted by molar-refractivity contribution is 0.749. The van der Waals surface area contributed by atoms with Gasteiger partial charge in [0.05, 0.1) is 11.0 Å². The Bertz CT molecular complexity index is 1430. The van der Waals surface area contributed by atoms with E-state index in [0.717, 1.165) is 6.42 Å². The molecule has 0 fully saturated rings. The zero-order valence-electron chi connectivity index (χ0n) is 17.7. The van der Waals surface area contributed by atoms with Crippen LogP contribution in [0.25, 0.3) is 38.6 Å². The van der Waals surface area contributed by atoms with Crippen LogP contribution in [0.5, 0.6) is 0 Å². The largest absolute Gasteiger partial charge is 0.309 e. The van der Waals surface area contributed by atoms with E-state index >= 15 is 0 Å². The quantitative estimate of drug-likeness (QED) is 0.277. The van der Waals surface area contributed by atoms with Gasteiger partial charge in [0, 0.05) is 22.0 Å². The van der Waals surface area contributed by atoms with Gasteiger partial charge >= 0.3 is 0 Å². The maximum atomic E-state index is 2.47. The van der Waals surface area contributed by atoms with Crippen LogP contribution in [-0.2, 0) is 6.42 Å². The van der Waals surface area contributed by atoms with E-state index in [-0.39, 0.29) is 0 Å². The molecule has 0 saturated carbocycles. The first-order valence-corrected chi connectivity index (χ1v) is 10.8. The molecule has 5 aromatic rings. The molecule has 1 aliphatic carbocycles. The molecule has 1 heterocycles. The molecule has 1 aromatic heterocycles. The van der Waals surface area contributed by atoms with E-state index in [2.05, 4.69) is 104 Å². The SMILES string of the molecule is Cc1ccc(-n2c3ccccc3c3ccc4c(c32)-c2ccc(C)cc2C(C)C4)cc1. The Labute approximate surface area is 177 Å². The summed E-state index contributed by atoms with van der Waals surface area (Å²) < 4.78 is 2.47. The average Bonchev–Trinajstić information content (AvgIpc) is 3.09. The molecule has 6 rings (SSSR count). The molecule has 1 aliphatic rings. The van der Waals surface area contributed by atoms with Crippen molar-refractivity contribution in [2.24, 2.45) is 0 Å². The highest BCUT2D eigenvalue weighted by Crippen LogP contribution is 2.46.